The van der Waals surface area contributed by atoms with Gasteiger partial charge >= 0.3 is 5.97 Å². The highest BCUT2D eigenvalue weighted by atomic mass is 16.5. The van der Waals surface area contributed by atoms with Crippen LogP contribution in [0, 0.1) is 0 Å². The molecule has 0 bridgehead atoms. The number of rotatable bonds is 10. The lowest BCUT2D eigenvalue weighted by atomic mass is 10.1. The van der Waals surface area contributed by atoms with Crippen LogP contribution in [0.3, 0.4) is 0 Å². The van der Waals surface area contributed by atoms with E-state index in [9.17, 15) is 4.79 Å². The van der Waals surface area contributed by atoms with Crippen LogP contribution in [0.15, 0.2) is 61.3 Å². The number of esters is 1. The predicted octanol–water partition coefficient (Wildman–Crippen LogP) is 4.52. The van der Waals surface area contributed by atoms with E-state index in [1.54, 1.807) is 12.2 Å². The quantitative estimate of drug-likeness (QED) is 0.190. The van der Waals surface area contributed by atoms with Crippen LogP contribution in [0.4, 0.5) is 0 Å². The largest absolute Gasteiger partial charge is 0.458 e. The highest BCUT2D eigenvalue weighted by Crippen LogP contribution is 2.05. The number of carbonyl (C=O) groups is 1. The molecule has 0 unspecified atom stereocenters. The molecule has 0 atom stereocenters. The molecular formula is C17H24O2. The third-order valence-corrected chi connectivity index (χ3v) is 2.48. The Morgan fingerprint density at radius 3 is 2.58 bits per heavy atom. The Hall–Kier alpha value is -1.83. The Kier molecular flexibility index (Phi) is 11.4. The zero-order valence-electron chi connectivity index (χ0n) is 11.8. The van der Waals surface area contributed by atoms with Crippen LogP contribution in [0.2, 0.25) is 0 Å². The van der Waals surface area contributed by atoms with E-state index in [1.165, 1.54) is 0 Å². The highest BCUT2D eigenvalue weighted by molar-refractivity contribution is 5.88. The monoisotopic (exact) mass is 260 g/mol. The van der Waals surface area contributed by atoms with Crippen LogP contribution >= 0.6 is 0 Å². The van der Waals surface area contributed by atoms with Gasteiger partial charge in [-0.3, -0.25) is 0 Å². The molecule has 0 saturated carbocycles. The number of hydrogen-bond donors (Lipinski definition) is 0. The van der Waals surface area contributed by atoms with E-state index in [2.05, 4.69) is 13.2 Å². The summed E-state index contributed by atoms with van der Waals surface area (Å²) in [4.78, 5) is 11.7. The van der Waals surface area contributed by atoms with Crippen LogP contribution < -0.4 is 0 Å². The lowest BCUT2D eigenvalue weighted by Gasteiger charge is -2.03. The third kappa shape index (κ3) is 9.83. The van der Waals surface area contributed by atoms with Crippen molar-refractivity contribution < 1.29 is 9.53 Å². The van der Waals surface area contributed by atoms with Crippen LogP contribution in [0.5, 0.6) is 0 Å². The predicted molar refractivity (Wildman–Crippen MR) is 81.9 cm³/mol. The molecular weight excluding hydrogens is 236 g/mol. The standard InChI is InChI=1S/C17H24O2/c1-4-7-9-10-11-13-15-19-17(18)16(6-3)14-12-8-5-2/h4-6,8,11-13H,1-2,7,9-10,14-15H2,3H3/b12-8+,13-11+,16-6-. The van der Waals surface area contributed by atoms with E-state index in [-0.39, 0.29) is 5.97 Å². The molecule has 0 rings (SSSR count). The SMILES string of the molecule is C=C/C=C/C/C(=C/C)C(=O)OC/C=C/CCCC=C. The van der Waals surface area contributed by atoms with Gasteiger partial charge in [0.15, 0.2) is 0 Å². The summed E-state index contributed by atoms with van der Waals surface area (Å²) in [7, 11) is 0. The van der Waals surface area contributed by atoms with Crippen molar-refractivity contribution in [3.8, 4) is 0 Å². The van der Waals surface area contributed by atoms with Crippen LogP contribution in [0.1, 0.15) is 32.6 Å². The van der Waals surface area contributed by atoms with Gasteiger partial charge in [-0.1, -0.05) is 49.1 Å². The molecule has 104 valence electrons. The molecule has 2 nitrogen and oxygen atoms in total. The van der Waals surface area contributed by atoms with Crippen molar-refractivity contribution in [3.05, 3.63) is 61.3 Å². The molecule has 0 spiro atoms. The smallest absolute Gasteiger partial charge is 0.334 e. The van der Waals surface area contributed by atoms with Gasteiger partial charge in [-0.2, -0.15) is 0 Å². The van der Waals surface area contributed by atoms with E-state index < -0.39 is 0 Å². The van der Waals surface area contributed by atoms with Gasteiger partial charge in [0.1, 0.15) is 6.61 Å². The fourth-order valence-corrected chi connectivity index (χ4v) is 1.39. The summed E-state index contributed by atoms with van der Waals surface area (Å²) in [6.45, 7) is 9.41. The van der Waals surface area contributed by atoms with Gasteiger partial charge in [-0.25, -0.2) is 4.79 Å². The Morgan fingerprint density at radius 2 is 1.95 bits per heavy atom. The van der Waals surface area contributed by atoms with Gasteiger partial charge in [-0.05, 0) is 32.6 Å². The second kappa shape index (κ2) is 12.6. The topological polar surface area (TPSA) is 26.3 Å². The zero-order chi connectivity index (χ0) is 14.3. The van der Waals surface area contributed by atoms with Gasteiger partial charge in [0.2, 0.25) is 0 Å². The summed E-state index contributed by atoms with van der Waals surface area (Å²) in [5.74, 6) is -0.257. The van der Waals surface area contributed by atoms with E-state index in [0.717, 1.165) is 19.3 Å². The van der Waals surface area contributed by atoms with Gasteiger partial charge in [-0.15, -0.1) is 6.58 Å². The normalized spacial score (nSPS) is 11.9. The first-order valence-electron chi connectivity index (χ1n) is 6.62. The summed E-state index contributed by atoms with van der Waals surface area (Å²) in [6.07, 6.45) is 16.6. The summed E-state index contributed by atoms with van der Waals surface area (Å²) in [6, 6.07) is 0. The lowest BCUT2D eigenvalue weighted by Crippen LogP contribution is -2.07. The van der Waals surface area contributed by atoms with Crippen LogP contribution in [-0.4, -0.2) is 12.6 Å². The summed E-state index contributed by atoms with van der Waals surface area (Å²) in [5, 5.41) is 0. The molecule has 0 fully saturated rings. The Balaban J connectivity index is 3.91. The molecule has 19 heavy (non-hydrogen) atoms. The second-order valence-electron chi connectivity index (χ2n) is 3.97. The molecule has 0 aliphatic rings. The van der Waals surface area contributed by atoms with Crippen molar-refractivity contribution in [1.82, 2.24) is 0 Å². The van der Waals surface area contributed by atoms with E-state index >= 15 is 0 Å². The van der Waals surface area contributed by atoms with Crippen LogP contribution in [-0.2, 0) is 9.53 Å². The number of unbranched alkanes of at least 4 members (excludes halogenated alkanes) is 2. The fraction of sp³-hybridized carbons (Fsp3) is 0.353. The molecule has 0 aliphatic heterocycles. The minimum Gasteiger partial charge on any atom is -0.458 e. The first-order valence-corrected chi connectivity index (χ1v) is 6.62. The Labute approximate surface area is 116 Å². The maximum absolute atomic E-state index is 11.7. The average molecular weight is 260 g/mol. The van der Waals surface area contributed by atoms with Crippen molar-refractivity contribution in [3.63, 3.8) is 0 Å². The molecule has 0 amide bonds. The number of ether oxygens (including phenoxy) is 1. The number of hydrogen-bond acceptors (Lipinski definition) is 2. The molecule has 2 heteroatoms. The molecule has 0 aliphatic carbocycles. The van der Waals surface area contributed by atoms with Crippen LogP contribution in [0.25, 0.3) is 0 Å². The average Bonchev–Trinajstić information content (AvgIpc) is 2.42. The highest BCUT2D eigenvalue weighted by Gasteiger charge is 2.06. The van der Waals surface area contributed by atoms with Gasteiger partial charge < -0.3 is 4.74 Å². The minimum atomic E-state index is -0.257. The van der Waals surface area contributed by atoms with E-state index in [0.29, 0.717) is 18.6 Å². The third-order valence-electron chi connectivity index (χ3n) is 2.48. The molecule has 0 heterocycles. The zero-order valence-corrected chi connectivity index (χ0v) is 11.8. The summed E-state index contributed by atoms with van der Waals surface area (Å²) >= 11 is 0. The van der Waals surface area contributed by atoms with Gasteiger partial charge in [0.25, 0.3) is 0 Å². The maximum atomic E-state index is 11.7. The minimum absolute atomic E-state index is 0.257. The van der Waals surface area contributed by atoms with Crippen molar-refractivity contribution in [1.29, 1.82) is 0 Å². The Bertz CT molecular complexity index is 359. The molecule has 0 aromatic rings. The van der Waals surface area contributed by atoms with Gasteiger partial charge in [0, 0.05) is 5.57 Å². The first-order chi connectivity index (χ1) is 9.26. The van der Waals surface area contributed by atoms with Crippen molar-refractivity contribution in [2.24, 2.45) is 0 Å². The van der Waals surface area contributed by atoms with E-state index in [1.807, 2.05) is 37.3 Å². The molecule has 0 saturated heterocycles. The van der Waals surface area contributed by atoms with Gasteiger partial charge in [0.05, 0.1) is 0 Å². The van der Waals surface area contributed by atoms with Crippen molar-refractivity contribution in [2.45, 2.75) is 32.6 Å². The Morgan fingerprint density at radius 1 is 1.16 bits per heavy atom. The first kappa shape index (κ1) is 17.2. The number of allylic oxidation sites excluding steroid dienone is 6. The molecule has 0 aromatic heterocycles. The summed E-state index contributed by atoms with van der Waals surface area (Å²) < 4.78 is 5.16. The summed E-state index contributed by atoms with van der Waals surface area (Å²) in [5.41, 5.74) is 0.665. The number of carbonyl (C=O) groups excluding carboxylic acids is 1. The molecule has 0 N–H and O–H groups in total. The van der Waals surface area contributed by atoms with E-state index in [4.69, 9.17) is 4.74 Å². The molecule has 0 radical (unpaired) electrons. The maximum Gasteiger partial charge on any atom is 0.334 e. The second-order valence-corrected chi connectivity index (χ2v) is 3.97. The fourth-order valence-electron chi connectivity index (χ4n) is 1.39. The van der Waals surface area contributed by atoms with Crippen molar-refractivity contribution >= 4 is 5.97 Å². The molecule has 0 aromatic carbocycles. The van der Waals surface area contributed by atoms with Crippen molar-refractivity contribution in [2.75, 3.05) is 6.61 Å². The lowest BCUT2D eigenvalue weighted by molar-refractivity contribution is -0.137.